The van der Waals surface area contributed by atoms with Crippen molar-refractivity contribution in [3.63, 3.8) is 0 Å². The molecule has 0 radical (unpaired) electrons. The first kappa shape index (κ1) is 30.5. The molecule has 1 heterocycles. The van der Waals surface area contributed by atoms with Crippen LogP contribution in [0.1, 0.15) is 98.2 Å². The standard InChI is InChI=1S/C28H49N3O2S/c1-21(2)10-7-11-22(3)12-8-13-23(4)14-9-15-24(5)17-19-34-20-26(28(32)33)31-27-16-18-29-25(6)30-27/h16-18,21-23,26H,7-15,19-20H2,1-6H3,(H,32,33)(H,29,30,31). The second kappa shape index (κ2) is 17.8. The number of rotatable bonds is 19. The normalized spacial score (nSPS) is 14.7. The van der Waals surface area contributed by atoms with Crippen LogP contribution in [-0.2, 0) is 4.79 Å². The average Bonchev–Trinajstić information content (AvgIpc) is 2.75. The van der Waals surface area contributed by atoms with Gasteiger partial charge in [-0.15, -0.1) is 0 Å². The lowest BCUT2D eigenvalue weighted by Gasteiger charge is -2.15. The second-order valence-electron chi connectivity index (χ2n) is 10.5. The Bertz CT molecular complexity index is 723. The molecule has 0 aliphatic rings. The molecule has 5 nitrogen and oxygen atoms in total. The molecule has 0 saturated heterocycles. The Balaban J connectivity index is 2.17. The lowest BCUT2D eigenvalue weighted by Crippen LogP contribution is -2.32. The molecule has 1 rings (SSSR count). The van der Waals surface area contributed by atoms with E-state index < -0.39 is 12.0 Å². The minimum atomic E-state index is -0.858. The predicted molar refractivity (Wildman–Crippen MR) is 148 cm³/mol. The average molecular weight is 492 g/mol. The van der Waals surface area contributed by atoms with Gasteiger partial charge in [-0.05, 0) is 50.5 Å². The molecule has 1 aromatic rings. The first-order valence-electron chi connectivity index (χ1n) is 13.2. The van der Waals surface area contributed by atoms with Crippen molar-refractivity contribution in [1.29, 1.82) is 0 Å². The van der Waals surface area contributed by atoms with Gasteiger partial charge in [-0.25, -0.2) is 14.8 Å². The van der Waals surface area contributed by atoms with E-state index in [1.54, 1.807) is 30.9 Å². The fourth-order valence-electron chi connectivity index (χ4n) is 4.09. The number of anilines is 1. The van der Waals surface area contributed by atoms with Gasteiger partial charge >= 0.3 is 5.97 Å². The Morgan fingerprint density at radius 1 is 1.06 bits per heavy atom. The molecule has 3 atom stereocenters. The van der Waals surface area contributed by atoms with Crippen LogP contribution >= 0.6 is 11.8 Å². The maximum Gasteiger partial charge on any atom is 0.327 e. The van der Waals surface area contributed by atoms with E-state index in [1.165, 1.54) is 56.9 Å². The van der Waals surface area contributed by atoms with Crippen molar-refractivity contribution < 1.29 is 9.90 Å². The number of allylic oxidation sites excluding steroid dienone is 1. The number of carboxylic acid groups (broad SMARTS) is 1. The maximum atomic E-state index is 11.6. The summed E-state index contributed by atoms with van der Waals surface area (Å²) < 4.78 is 0. The Hall–Kier alpha value is -1.56. The monoisotopic (exact) mass is 491 g/mol. The van der Waals surface area contributed by atoms with Gasteiger partial charge in [0.05, 0.1) is 0 Å². The minimum Gasteiger partial charge on any atom is -0.480 e. The lowest BCUT2D eigenvalue weighted by molar-refractivity contribution is -0.137. The van der Waals surface area contributed by atoms with Crippen LogP contribution in [0.4, 0.5) is 5.82 Å². The van der Waals surface area contributed by atoms with E-state index in [2.05, 4.69) is 56.0 Å². The van der Waals surface area contributed by atoms with Crippen LogP contribution in [0.25, 0.3) is 0 Å². The van der Waals surface area contributed by atoms with E-state index >= 15 is 0 Å². The van der Waals surface area contributed by atoms with E-state index in [-0.39, 0.29) is 0 Å². The largest absolute Gasteiger partial charge is 0.480 e. The van der Waals surface area contributed by atoms with Crippen molar-refractivity contribution in [2.24, 2.45) is 17.8 Å². The highest BCUT2D eigenvalue weighted by Gasteiger charge is 2.17. The summed E-state index contributed by atoms with van der Waals surface area (Å²) in [7, 11) is 0. The van der Waals surface area contributed by atoms with Crippen molar-refractivity contribution in [3.8, 4) is 0 Å². The van der Waals surface area contributed by atoms with Gasteiger partial charge in [-0.2, -0.15) is 11.8 Å². The van der Waals surface area contributed by atoms with Crippen molar-refractivity contribution in [1.82, 2.24) is 9.97 Å². The summed E-state index contributed by atoms with van der Waals surface area (Å²) in [5, 5.41) is 12.5. The summed E-state index contributed by atoms with van der Waals surface area (Å²) in [5.41, 5.74) is 1.41. The number of nitrogens with zero attached hydrogens (tertiary/aromatic N) is 2. The summed E-state index contributed by atoms with van der Waals surface area (Å²) >= 11 is 1.64. The van der Waals surface area contributed by atoms with Gasteiger partial charge in [0.25, 0.3) is 0 Å². The molecule has 0 spiro atoms. The number of hydrogen-bond acceptors (Lipinski definition) is 5. The Kier molecular flexibility index (Phi) is 16.0. The molecule has 3 unspecified atom stereocenters. The van der Waals surface area contributed by atoms with E-state index in [4.69, 9.17) is 0 Å². The van der Waals surface area contributed by atoms with E-state index in [9.17, 15) is 9.90 Å². The fraction of sp³-hybridized carbons (Fsp3) is 0.750. The highest BCUT2D eigenvalue weighted by molar-refractivity contribution is 7.99. The molecule has 0 aromatic carbocycles. The zero-order valence-electron chi connectivity index (χ0n) is 22.5. The molecule has 194 valence electrons. The number of carboxylic acids is 1. The topological polar surface area (TPSA) is 75.1 Å². The summed E-state index contributed by atoms with van der Waals surface area (Å²) in [5.74, 6) is 4.17. The summed E-state index contributed by atoms with van der Waals surface area (Å²) in [6.45, 7) is 13.4. The van der Waals surface area contributed by atoms with Gasteiger partial charge in [-0.1, -0.05) is 84.3 Å². The summed E-state index contributed by atoms with van der Waals surface area (Å²) in [4.78, 5) is 19.9. The van der Waals surface area contributed by atoms with Crippen LogP contribution in [0, 0.1) is 24.7 Å². The first-order chi connectivity index (χ1) is 16.2. The Morgan fingerprint density at radius 2 is 1.68 bits per heavy atom. The molecule has 0 saturated carbocycles. The molecule has 0 aliphatic carbocycles. The number of thioether (sulfide) groups is 1. The predicted octanol–water partition coefficient (Wildman–Crippen LogP) is 7.77. The third kappa shape index (κ3) is 15.4. The van der Waals surface area contributed by atoms with Gasteiger partial charge in [0.2, 0.25) is 0 Å². The first-order valence-corrected chi connectivity index (χ1v) is 14.3. The van der Waals surface area contributed by atoms with E-state index in [1.807, 2.05) is 0 Å². The van der Waals surface area contributed by atoms with E-state index in [0.717, 1.165) is 29.9 Å². The lowest BCUT2D eigenvalue weighted by atomic mass is 9.91. The van der Waals surface area contributed by atoms with Crippen molar-refractivity contribution in [3.05, 3.63) is 29.7 Å². The highest BCUT2D eigenvalue weighted by Crippen LogP contribution is 2.22. The SMILES string of the molecule is CC(=CCSCC(Nc1ccnc(C)n1)C(=O)O)CCCC(C)CCCC(C)CCCC(C)C. The van der Waals surface area contributed by atoms with Crippen molar-refractivity contribution in [2.75, 3.05) is 16.8 Å². The third-order valence-electron chi connectivity index (χ3n) is 6.37. The number of aliphatic carboxylic acids is 1. The Labute approximate surface area is 213 Å². The smallest absolute Gasteiger partial charge is 0.327 e. The quantitative estimate of drug-likeness (QED) is 0.152. The van der Waals surface area contributed by atoms with E-state index in [0.29, 0.717) is 17.4 Å². The van der Waals surface area contributed by atoms with Gasteiger partial charge in [-0.3, -0.25) is 0 Å². The molecule has 0 aliphatic heterocycles. The summed E-state index contributed by atoms with van der Waals surface area (Å²) in [6.07, 6.45) is 15.8. The van der Waals surface area contributed by atoms with Crippen molar-refractivity contribution >= 4 is 23.5 Å². The highest BCUT2D eigenvalue weighted by atomic mass is 32.2. The molecule has 2 N–H and O–H groups in total. The molecule has 0 fully saturated rings. The zero-order chi connectivity index (χ0) is 25.3. The van der Waals surface area contributed by atoms with Crippen LogP contribution in [0.3, 0.4) is 0 Å². The third-order valence-corrected chi connectivity index (χ3v) is 7.34. The number of nitrogens with one attached hydrogen (secondary N) is 1. The summed E-state index contributed by atoms with van der Waals surface area (Å²) in [6, 6.07) is 1.04. The van der Waals surface area contributed by atoms with Gasteiger partial charge in [0.15, 0.2) is 0 Å². The van der Waals surface area contributed by atoms with Gasteiger partial charge in [0, 0.05) is 17.7 Å². The molecule has 0 bridgehead atoms. The van der Waals surface area contributed by atoms with Gasteiger partial charge < -0.3 is 10.4 Å². The van der Waals surface area contributed by atoms with Crippen LogP contribution in [0.5, 0.6) is 0 Å². The van der Waals surface area contributed by atoms with Crippen LogP contribution in [0.15, 0.2) is 23.9 Å². The number of hydrogen-bond donors (Lipinski definition) is 2. The molecule has 1 aromatic heterocycles. The molecule has 6 heteroatoms. The van der Waals surface area contributed by atoms with Crippen LogP contribution in [-0.4, -0.2) is 38.6 Å². The zero-order valence-corrected chi connectivity index (χ0v) is 23.3. The maximum absolute atomic E-state index is 11.6. The fourth-order valence-corrected chi connectivity index (χ4v) is 5.09. The molecule has 0 amide bonds. The molecular weight excluding hydrogens is 442 g/mol. The number of aromatic nitrogens is 2. The Morgan fingerprint density at radius 3 is 2.26 bits per heavy atom. The number of carbonyl (C=O) groups is 1. The molecule has 34 heavy (non-hydrogen) atoms. The van der Waals surface area contributed by atoms with Crippen LogP contribution in [0.2, 0.25) is 0 Å². The van der Waals surface area contributed by atoms with Gasteiger partial charge in [0.1, 0.15) is 17.7 Å². The second-order valence-corrected chi connectivity index (χ2v) is 11.5. The van der Waals surface area contributed by atoms with Crippen LogP contribution < -0.4 is 5.32 Å². The minimum absolute atomic E-state index is 0.495. The molecular formula is C28H49N3O2S. The van der Waals surface area contributed by atoms with Crippen molar-refractivity contribution in [2.45, 2.75) is 105 Å². The number of aryl methyl sites for hydroxylation is 1.